The molecule has 0 N–H and O–H groups in total. The molecule has 4 aromatic heterocycles. The first kappa shape index (κ1) is 31.4. The molecule has 0 amide bonds. The molecular formula is C31H10F6N12O. The summed E-state index contributed by atoms with van der Waals surface area (Å²) in [5, 5.41) is 37.1. The molecule has 1 aliphatic heterocycles. The smallest absolute Gasteiger partial charge is 0.310 e. The van der Waals surface area contributed by atoms with Gasteiger partial charge in [0, 0.05) is 18.2 Å². The van der Waals surface area contributed by atoms with Crippen LogP contribution in [-0.4, -0.2) is 57.3 Å². The van der Waals surface area contributed by atoms with E-state index in [-0.39, 0.29) is 62.3 Å². The number of rotatable bonds is 3. The van der Waals surface area contributed by atoms with Gasteiger partial charge in [-0.15, -0.1) is 0 Å². The van der Waals surface area contributed by atoms with Gasteiger partial charge in [-0.05, 0) is 23.3 Å². The van der Waals surface area contributed by atoms with E-state index in [1.54, 1.807) is 24.3 Å². The van der Waals surface area contributed by atoms with E-state index >= 15 is 26.3 Å². The number of hydrogen-bond acceptors (Lipinski definition) is 11. The van der Waals surface area contributed by atoms with Crippen LogP contribution in [0.4, 0.5) is 26.3 Å². The van der Waals surface area contributed by atoms with E-state index in [1.165, 1.54) is 11.6 Å². The number of hydrogen-bond donors (Lipinski definition) is 0. The minimum atomic E-state index is -5.98. The van der Waals surface area contributed by atoms with Gasteiger partial charge >= 0.3 is 12.4 Å². The van der Waals surface area contributed by atoms with Crippen molar-refractivity contribution in [2.75, 3.05) is 0 Å². The minimum absolute atomic E-state index is 0.0198. The first-order valence-corrected chi connectivity index (χ1v) is 13.8. The molecule has 1 aliphatic rings. The zero-order chi connectivity index (χ0) is 35.9. The van der Waals surface area contributed by atoms with Gasteiger partial charge in [0.05, 0.1) is 5.56 Å². The van der Waals surface area contributed by atoms with Crippen molar-refractivity contribution < 1.29 is 31.1 Å². The van der Waals surface area contributed by atoms with Gasteiger partial charge in [-0.1, -0.05) is 30.3 Å². The summed E-state index contributed by atoms with van der Waals surface area (Å²) in [6, 6.07) is 11.9. The molecule has 0 saturated carbocycles. The van der Waals surface area contributed by atoms with Crippen LogP contribution < -0.4 is 0 Å². The Kier molecular flexibility index (Phi) is 6.51. The molecule has 0 bridgehead atoms. The van der Waals surface area contributed by atoms with Crippen LogP contribution in [0.5, 0.6) is 0 Å². The number of aryl methyl sites for hydroxylation is 1. The SMILES string of the molecule is Cn1c(-c2ccc(C(c3ccc4c(c3)-c3nc5nc(C#N)c(C#N)nc5n3C4=O)(C(F)(F)F)C(F)(F)F)cc2)nc2nc(C#N)c(C#N)nc21. The van der Waals surface area contributed by atoms with E-state index in [2.05, 4.69) is 29.9 Å². The molecule has 6 aromatic rings. The van der Waals surface area contributed by atoms with Crippen LogP contribution in [0.1, 0.15) is 44.3 Å². The Morgan fingerprint density at radius 2 is 1.08 bits per heavy atom. The molecule has 0 saturated heterocycles. The average Bonchev–Trinajstić information content (AvgIpc) is 3.70. The molecule has 0 aliphatic carbocycles. The van der Waals surface area contributed by atoms with Crippen LogP contribution in [0.2, 0.25) is 0 Å². The highest BCUT2D eigenvalue weighted by molar-refractivity contribution is 6.12. The second-order valence-electron chi connectivity index (χ2n) is 10.7. The third-order valence-corrected chi connectivity index (χ3v) is 8.18. The zero-order valence-corrected chi connectivity index (χ0v) is 24.6. The summed E-state index contributed by atoms with van der Waals surface area (Å²) in [7, 11) is 1.43. The Bertz CT molecular complexity index is 2650. The van der Waals surface area contributed by atoms with Crippen LogP contribution in [0.15, 0.2) is 42.5 Å². The van der Waals surface area contributed by atoms with Crippen molar-refractivity contribution in [1.29, 1.82) is 21.0 Å². The van der Waals surface area contributed by atoms with E-state index < -0.39 is 46.2 Å². The fourth-order valence-electron chi connectivity index (χ4n) is 5.95. The van der Waals surface area contributed by atoms with Gasteiger partial charge in [0.2, 0.25) is 5.41 Å². The van der Waals surface area contributed by atoms with Crippen molar-refractivity contribution in [2.24, 2.45) is 7.05 Å². The Hall–Kier alpha value is -7.25. The maximum absolute atomic E-state index is 15.1. The second kappa shape index (κ2) is 10.4. The average molecular weight is 680 g/mol. The third kappa shape index (κ3) is 4.07. The quantitative estimate of drug-likeness (QED) is 0.234. The Morgan fingerprint density at radius 3 is 1.62 bits per heavy atom. The van der Waals surface area contributed by atoms with E-state index in [0.29, 0.717) is 24.3 Å². The number of fused-ring (bicyclic) bond motifs is 6. The number of halogens is 6. The molecule has 0 spiro atoms. The number of aromatic nitrogens is 8. The fourth-order valence-corrected chi connectivity index (χ4v) is 5.95. The largest absolute Gasteiger partial charge is 0.411 e. The van der Waals surface area contributed by atoms with Gasteiger partial charge in [-0.25, -0.2) is 34.5 Å². The molecule has 0 radical (unpaired) electrons. The minimum Gasteiger partial charge on any atom is -0.310 e. The molecular weight excluding hydrogens is 670 g/mol. The molecule has 5 heterocycles. The lowest BCUT2D eigenvalue weighted by Crippen LogP contribution is -2.54. The number of carbonyl (C=O) groups excluding carboxylic acids is 1. The second-order valence-corrected chi connectivity index (χ2v) is 10.7. The van der Waals surface area contributed by atoms with Gasteiger partial charge in [0.25, 0.3) is 5.91 Å². The maximum Gasteiger partial charge on any atom is 0.411 e. The first-order valence-electron chi connectivity index (χ1n) is 13.8. The molecule has 242 valence electrons. The monoisotopic (exact) mass is 680 g/mol. The maximum atomic E-state index is 15.1. The highest BCUT2D eigenvalue weighted by Gasteiger charge is 2.72. The third-order valence-electron chi connectivity index (χ3n) is 8.18. The van der Waals surface area contributed by atoms with Gasteiger partial charge in [-0.2, -0.15) is 47.4 Å². The summed E-state index contributed by atoms with van der Waals surface area (Å²) in [4.78, 5) is 37.4. The Morgan fingerprint density at radius 1 is 0.600 bits per heavy atom. The van der Waals surface area contributed by atoms with Crippen LogP contribution in [0, 0.1) is 45.3 Å². The van der Waals surface area contributed by atoms with E-state index in [1.807, 2.05) is 0 Å². The number of nitrogens with zero attached hydrogens (tertiary/aromatic N) is 12. The molecule has 13 nitrogen and oxygen atoms in total. The van der Waals surface area contributed by atoms with E-state index in [0.717, 1.165) is 22.8 Å². The van der Waals surface area contributed by atoms with Crippen molar-refractivity contribution in [3.63, 3.8) is 0 Å². The van der Waals surface area contributed by atoms with Crippen molar-refractivity contribution >= 4 is 28.5 Å². The van der Waals surface area contributed by atoms with Crippen LogP contribution >= 0.6 is 0 Å². The van der Waals surface area contributed by atoms with Gasteiger partial charge in [0.1, 0.15) is 30.1 Å². The van der Waals surface area contributed by atoms with Gasteiger partial charge < -0.3 is 4.57 Å². The summed E-state index contributed by atoms with van der Waals surface area (Å²) in [5.41, 5.74) is -9.93. The normalized spacial score (nSPS) is 12.7. The number of alkyl halides is 6. The molecule has 7 rings (SSSR count). The topological polar surface area (TPSA) is 199 Å². The van der Waals surface area contributed by atoms with E-state index in [4.69, 9.17) is 0 Å². The molecule has 50 heavy (non-hydrogen) atoms. The highest BCUT2D eigenvalue weighted by Crippen LogP contribution is 2.57. The van der Waals surface area contributed by atoms with Crippen molar-refractivity contribution in [2.45, 2.75) is 17.8 Å². The number of imidazole rings is 2. The van der Waals surface area contributed by atoms with Crippen molar-refractivity contribution in [3.05, 3.63) is 81.9 Å². The molecule has 0 fully saturated rings. The van der Waals surface area contributed by atoms with Gasteiger partial charge in [-0.3, -0.25) is 4.79 Å². The highest BCUT2D eigenvalue weighted by atomic mass is 19.4. The van der Waals surface area contributed by atoms with Crippen molar-refractivity contribution in [1.82, 2.24) is 39.0 Å². The number of carbonyl (C=O) groups is 1. The standard InChI is InChI=1S/C31H10F6N12O/c1-48-24(46-22-26(48)44-20(11-40)18(9-38)42-22)13-2-4-14(5-3-13)29(30(32,33)34,31(35,36)37)15-6-7-16-17(8-15)25-47-23-27(49(25)28(16)50)45-21(12-41)19(10-39)43-23/h2-8H,1H3. The molecule has 19 heteroatoms. The lowest BCUT2D eigenvalue weighted by atomic mass is 9.72. The van der Waals surface area contributed by atoms with Crippen LogP contribution in [0.25, 0.3) is 45.4 Å². The van der Waals surface area contributed by atoms with Crippen LogP contribution in [0.3, 0.4) is 0 Å². The Balaban J connectivity index is 1.41. The molecule has 0 atom stereocenters. The predicted octanol–water partition coefficient (Wildman–Crippen LogP) is 4.74. The number of benzene rings is 2. The van der Waals surface area contributed by atoms with Crippen molar-refractivity contribution in [3.8, 4) is 47.1 Å². The lowest BCUT2D eigenvalue weighted by molar-refractivity contribution is -0.288. The summed E-state index contributed by atoms with van der Waals surface area (Å²) in [6.45, 7) is 0. The fraction of sp³-hybridized carbons (Fsp3) is 0.129. The predicted molar refractivity (Wildman–Crippen MR) is 154 cm³/mol. The number of nitriles is 4. The molecule has 2 aromatic carbocycles. The summed E-state index contributed by atoms with van der Waals surface area (Å²) < 4.78 is 92.7. The summed E-state index contributed by atoms with van der Waals surface area (Å²) in [5.74, 6) is -1.25. The summed E-state index contributed by atoms with van der Waals surface area (Å²) >= 11 is 0. The van der Waals surface area contributed by atoms with Gasteiger partial charge in [0.15, 0.2) is 51.2 Å². The van der Waals surface area contributed by atoms with E-state index in [9.17, 15) is 25.8 Å². The molecule has 0 unspecified atom stereocenters. The Labute approximate surface area is 273 Å². The van der Waals surface area contributed by atoms with Crippen LogP contribution in [-0.2, 0) is 12.5 Å². The summed E-state index contributed by atoms with van der Waals surface area (Å²) in [6.07, 6.45) is -12.0. The first-order chi connectivity index (χ1) is 23.7. The zero-order valence-electron chi connectivity index (χ0n) is 24.6. The lowest BCUT2D eigenvalue weighted by Gasteiger charge is -2.38.